The molecule has 30 heavy (non-hydrogen) atoms. The smallest absolute Gasteiger partial charge is 0.230 e. The minimum Gasteiger partial charge on any atom is -0.352 e. The predicted octanol–water partition coefficient (Wildman–Crippen LogP) is 4.70. The van der Waals surface area contributed by atoms with Gasteiger partial charge in [0.05, 0.1) is 5.75 Å². The van der Waals surface area contributed by atoms with Gasteiger partial charge < -0.3 is 5.32 Å². The molecule has 2 aromatic rings. The molecule has 1 amide bonds. The van der Waals surface area contributed by atoms with Gasteiger partial charge in [-0.1, -0.05) is 29.5 Å². The maximum Gasteiger partial charge on any atom is 0.230 e. The van der Waals surface area contributed by atoms with Gasteiger partial charge in [0.2, 0.25) is 5.91 Å². The number of aromatic nitrogens is 3. The van der Waals surface area contributed by atoms with Crippen LogP contribution in [-0.4, -0.2) is 32.5 Å². The summed E-state index contributed by atoms with van der Waals surface area (Å²) < 4.78 is 2.03. The highest BCUT2D eigenvalue weighted by atomic mass is 32.2. The fraction of sp³-hybridized carbons (Fsp3) is 0.625. The van der Waals surface area contributed by atoms with Crippen molar-refractivity contribution in [2.75, 3.05) is 5.75 Å². The third kappa shape index (κ3) is 3.68. The van der Waals surface area contributed by atoms with Gasteiger partial charge in [0.15, 0.2) is 5.16 Å². The highest BCUT2D eigenvalue weighted by Crippen LogP contribution is 2.61. The molecule has 1 aromatic heterocycles. The van der Waals surface area contributed by atoms with Gasteiger partial charge in [-0.15, -0.1) is 10.2 Å². The van der Waals surface area contributed by atoms with E-state index in [0.29, 0.717) is 11.2 Å². The van der Waals surface area contributed by atoms with E-state index in [1.54, 1.807) is 0 Å². The van der Waals surface area contributed by atoms with Crippen LogP contribution in [0.15, 0.2) is 29.4 Å². The largest absolute Gasteiger partial charge is 0.352 e. The molecular weight excluding hydrogens is 392 g/mol. The fourth-order valence-corrected chi connectivity index (χ4v) is 7.51. The van der Waals surface area contributed by atoms with E-state index in [2.05, 4.69) is 53.6 Å². The van der Waals surface area contributed by atoms with Gasteiger partial charge in [-0.25, -0.2) is 0 Å². The Morgan fingerprint density at radius 3 is 2.30 bits per heavy atom. The first-order chi connectivity index (χ1) is 14.4. The predicted molar refractivity (Wildman–Crippen MR) is 120 cm³/mol. The highest BCUT2D eigenvalue weighted by Gasteiger charge is 2.53. The Morgan fingerprint density at radius 2 is 1.70 bits per heavy atom. The zero-order valence-corrected chi connectivity index (χ0v) is 19.0. The molecule has 0 saturated heterocycles. The van der Waals surface area contributed by atoms with Gasteiger partial charge >= 0.3 is 0 Å². The van der Waals surface area contributed by atoms with Gasteiger partial charge in [-0.2, -0.15) is 0 Å². The number of hydrogen-bond donors (Lipinski definition) is 1. The van der Waals surface area contributed by atoms with Crippen molar-refractivity contribution in [2.24, 2.45) is 23.2 Å². The number of nitrogens with zero attached hydrogens (tertiary/aromatic N) is 3. The summed E-state index contributed by atoms with van der Waals surface area (Å²) in [5.41, 5.74) is 2.60. The SMILES string of the molecule is Cc1ccc(-n2c(C)nnc2SCC(=O)N[C@H](C)C23CC4CC(CC(C4)C2)C3)cc1. The third-order valence-electron chi connectivity index (χ3n) is 7.80. The zero-order chi connectivity index (χ0) is 20.9. The van der Waals surface area contributed by atoms with E-state index in [4.69, 9.17) is 0 Å². The Morgan fingerprint density at radius 1 is 1.10 bits per heavy atom. The first kappa shape index (κ1) is 20.1. The molecule has 5 nitrogen and oxygen atoms in total. The molecule has 1 atom stereocenters. The van der Waals surface area contributed by atoms with Crippen LogP contribution in [0.2, 0.25) is 0 Å². The zero-order valence-electron chi connectivity index (χ0n) is 18.2. The van der Waals surface area contributed by atoms with E-state index < -0.39 is 0 Å². The van der Waals surface area contributed by atoms with E-state index in [0.717, 1.165) is 34.4 Å². The van der Waals surface area contributed by atoms with Crippen molar-refractivity contribution in [1.82, 2.24) is 20.1 Å². The molecule has 4 fully saturated rings. The van der Waals surface area contributed by atoms with Crippen molar-refractivity contribution < 1.29 is 4.79 Å². The quantitative estimate of drug-likeness (QED) is 0.683. The summed E-state index contributed by atoms with van der Waals surface area (Å²) in [5.74, 6) is 4.03. The average molecular weight is 425 g/mol. The van der Waals surface area contributed by atoms with Crippen LogP contribution in [0.4, 0.5) is 0 Å². The molecular formula is C24H32N4OS. The number of carbonyl (C=O) groups excluding carboxylic acids is 1. The van der Waals surface area contributed by atoms with Crippen LogP contribution < -0.4 is 5.32 Å². The molecule has 0 aliphatic heterocycles. The monoisotopic (exact) mass is 424 g/mol. The maximum absolute atomic E-state index is 12.8. The van der Waals surface area contributed by atoms with Crippen molar-refractivity contribution >= 4 is 17.7 Å². The second-order valence-electron chi connectivity index (χ2n) is 10.1. The van der Waals surface area contributed by atoms with E-state index in [1.807, 2.05) is 11.5 Å². The van der Waals surface area contributed by atoms with Crippen LogP contribution in [0.3, 0.4) is 0 Å². The Balaban J connectivity index is 1.23. The van der Waals surface area contributed by atoms with Crippen LogP contribution in [0.5, 0.6) is 0 Å². The lowest BCUT2D eigenvalue weighted by Crippen LogP contribution is -2.56. The number of nitrogens with one attached hydrogen (secondary N) is 1. The van der Waals surface area contributed by atoms with Crippen molar-refractivity contribution in [3.63, 3.8) is 0 Å². The van der Waals surface area contributed by atoms with Gasteiger partial charge in [0.1, 0.15) is 5.82 Å². The summed E-state index contributed by atoms with van der Waals surface area (Å²) in [6.07, 6.45) is 8.25. The van der Waals surface area contributed by atoms with Crippen LogP contribution in [0.25, 0.3) is 5.69 Å². The van der Waals surface area contributed by atoms with Crippen LogP contribution >= 0.6 is 11.8 Å². The Labute approximate surface area is 183 Å². The summed E-state index contributed by atoms with van der Waals surface area (Å²) in [6, 6.07) is 8.58. The molecule has 4 aliphatic carbocycles. The van der Waals surface area contributed by atoms with Crippen LogP contribution in [0, 0.1) is 37.0 Å². The lowest BCUT2D eigenvalue weighted by Gasteiger charge is -2.59. The fourth-order valence-electron chi connectivity index (χ4n) is 6.70. The topological polar surface area (TPSA) is 59.8 Å². The molecule has 1 heterocycles. The standard InChI is InChI=1S/C24H32N4OS/c1-15-4-6-21(7-5-15)28-17(3)26-27-23(28)30-14-22(29)25-16(2)24-11-18-8-19(12-24)10-20(9-18)13-24/h4-7,16,18-20H,8-14H2,1-3H3,(H,25,29)/t16-,18?,19?,20?,24?/m1/s1. The molecule has 1 aromatic carbocycles. The van der Waals surface area contributed by atoms with Crippen LogP contribution in [-0.2, 0) is 4.79 Å². The number of aryl methyl sites for hydroxylation is 2. The van der Waals surface area contributed by atoms with E-state index >= 15 is 0 Å². The second kappa shape index (κ2) is 7.70. The second-order valence-corrected chi connectivity index (χ2v) is 11.0. The first-order valence-electron chi connectivity index (χ1n) is 11.3. The van der Waals surface area contributed by atoms with Gasteiger partial charge in [0.25, 0.3) is 0 Å². The van der Waals surface area contributed by atoms with Gasteiger partial charge in [-0.05, 0) is 94.6 Å². The molecule has 4 aliphatic rings. The summed E-state index contributed by atoms with van der Waals surface area (Å²) >= 11 is 1.47. The number of hydrogen-bond acceptors (Lipinski definition) is 4. The Kier molecular flexibility index (Phi) is 5.16. The molecule has 160 valence electrons. The van der Waals surface area contributed by atoms with E-state index in [-0.39, 0.29) is 11.9 Å². The van der Waals surface area contributed by atoms with Crippen molar-refractivity contribution in [3.05, 3.63) is 35.7 Å². The lowest BCUT2D eigenvalue weighted by atomic mass is 9.48. The molecule has 0 radical (unpaired) electrons. The molecule has 6 rings (SSSR count). The van der Waals surface area contributed by atoms with Gasteiger partial charge in [0, 0.05) is 11.7 Å². The molecule has 0 spiro atoms. The minimum atomic E-state index is 0.111. The van der Waals surface area contributed by atoms with Crippen molar-refractivity contribution in [1.29, 1.82) is 0 Å². The van der Waals surface area contributed by atoms with E-state index in [1.165, 1.54) is 55.9 Å². The summed E-state index contributed by atoms with van der Waals surface area (Å²) in [6.45, 7) is 6.27. The highest BCUT2D eigenvalue weighted by molar-refractivity contribution is 7.99. The number of amides is 1. The summed E-state index contributed by atoms with van der Waals surface area (Å²) in [7, 11) is 0. The number of benzene rings is 1. The summed E-state index contributed by atoms with van der Waals surface area (Å²) in [5, 5.41) is 12.7. The molecule has 1 N–H and O–H groups in total. The lowest BCUT2D eigenvalue weighted by molar-refractivity contribution is -0.123. The van der Waals surface area contributed by atoms with E-state index in [9.17, 15) is 4.79 Å². The minimum absolute atomic E-state index is 0.111. The molecule has 4 saturated carbocycles. The van der Waals surface area contributed by atoms with Gasteiger partial charge in [-0.3, -0.25) is 9.36 Å². The average Bonchev–Trinajstić information content (AvgIpc) is 3.06. The molecule has 0 unspecified atom stereocenters. The van der Waals surface area contributed by atoms with Crippen molar-refractivity contribution in [3.8, 4) is 5.69 Å². The summed E-state index contributed by atoms with van der Waals surface area (Å²) in [4.78, 5) is 12.8. The first-order valence-corrected chi connectivity index (χ1v) is 12.3. The number of thioether (sulfide) groups is 1. The Bertz CT molecular complexity index is 900. The van der Waals surface area contributed by atoms with Crippen molar-refractivity contribution in [2.45, 2.75) is 70.5 Å². The Hall–Kier alpha value is -1.82. The normalized spacial score (nSPS) is 30.4. The molecule has 4 bridgehead atoms. The maximum atomic E-state index is 12.8. The third-order valence-corrected chi connectivity index (χ3v) is 8.73. The number of carbonyl (C=O) groups is 1. The molecule has 6 heteroatoms. The number of rotatable bonds is 6. The van der Waals surface area contributed by atoms with Crippen LogP contribution in [0.1, 0.15) is 56.8 Å².